The molecule has 1 rings (SSSR count). The molecule has 1 saturated heterocycles. The third-order valence-electron chi connectivity index (χ3n) is 3.03. The van der Waals surface area contributed by atoms with Crippen LogP contribution in [0.1, 0.15) is 32.1 Å². The SMILES string of the molecule is [N-]=[N+]=NCC1CC(=O)N(CCCCCCO)C1. The van der Waals surface area contributed by atoms with E-state index < -0.39 is 0 Å². The predicted molar refractivity (Wildman–Crippen MR) is 64.3 cm³/mol. The van der Waals surface area contributed by atoms with Gasteiger partial charge in [-0.05, 0) is 24.3 Å². The lowest BCUT2D eigenvalue weighted by molar-refractivity contribution is -0.127. The molecule has 0 bridgehead atoms. The molecule has 1 unspecified atom stereocenters. The van der Waals surface area contributed by atoms with E-state index in [1.54, 1.807) is 0 Å². The maximum atomic E-state index is 11.6. The second-order valence-electron chi connectivity index (χ2n) is 4.46. The van der Waals surface area contributed by atoms with E-state index in [2.05, 4.69) is 10.0 Å². The van der Waals surface area contributed by atoms with Crippen molar-refractivity contribution < 1.29 is 9.90 Å². The summed E-state index contributed by atoms with van der Waals surface area (Å²) in [7, 11) is 0. The lowest BCUT2D eigenvalue weighted by Gasteiger charge is -2.15. The van der Waals surface area contributed by atoms with Gasteiger partial charge in [0.1, 0.15) is 0 Å². The fraction of sp³-hybridized carbons (Fsp3) is 0.909. The van der Waals surface area contributed by atoms with Crippen LogP contribution in [-0.2, 0) is 4.79 Å². The normalized spacial score (nSPS) is 19.5. The maximum absolute atomic E-state index is 11.6. The zero-order chi connectivity index (χ0) is 12.5. The molecule has 1 aliphatic rings. The van der Waals surface area contributed by atoms with Crippen LogP contribution in [0.15, 0.2) is 5.11 Å². The average Bonchev–Trinajstić information content (AvgIpc) is 2.67. The van der Waals surface area contributed by atoms with Gasteiger partial charge in [0, 0.05) is 37.6 Å². The van der Waals surface area contributed by atoms with Gasteiger partial charge in [0.2, 0.25) is 5.91 Å². The summed E-state index contributed by atoms with van der Waals surface area (Å²) >= 11 is 0. The molecule has 96 valence electrons. The highest BCUT2D eigenvalue weighted by Crippen LogP contribution is 2.18. The molecule has 1 fully saturated rings. The van der Waals surface area contributed by atoms with Crippen LogP contribution in [0.5, 0.6) is 0 Å². The summed E-state index contributed by atoms with van der Waals surface area (Å²) in [4.78, 5) is 16.2. The van der Waals surface area contributed by atoms with Gasteiger partial charge in [-0.15, -0.1) is 0 Å². The van der Waals surface area contributed by atoms with Crippen molar-refractivity contribution in [3.63, 3.8) is 0 Å². The van der Waals surface area contributed by atoms with Gasteiger partial charge >= 0.3 is 0 Å². The first-order chi connectivity index (χ1) is 8.27. The molecule has 1 heterocycles. The fourth-order valence-corrected chi connectivity index (χ4v) is 2.11. The number of hydrogen-bond donors (Lipinski definition) is 1. The minimum Gasteiger partial charge on any atom is -0.396 e. The largest absolute Gasteiger partial charge is 0.396 e. The number of unbranched alkanes of at least 4 members (excludes halogenated alkanes) is 3. The Hall–Kier alpha value is -1.26. The first kappa shape index (κ1) is 13.8. The lowest BCUT2D eigenvalue weighted by atomic mass is 10.1. The summed E-state index contributed by atoms with van der Waals surface area (Å²) in [5.74, 6) is 0.362. The fourth-order valence-electron chi connectivity index (χ4n) is 2.11. The number of carbonyl (C=O) groups is 1. The van der Waals surface area contributed by atoms with Crippen LogP contribution in [0.2, 0.25) is 0 Å². The monoisotopic (exact) mass is 240 g/mol. The Kier molecular flexibility index (Phi) is 6.43. The predicted octanol–water partition coefficient (Wildman–Crippen LogP) is 1.70. The summed E-state index contributed by atoms with van der Waals surface area (Å²) in [6.45, 7) is 2.18. The molecule has 6 heteroatoms. The standard InChI is InChI=1S/C11H20N4O2/c12-14-13-8-10-7-11(17)15(9-10)5-3-1-2-4-6-16/h10,16H,1-9H2. The number of aliphatic hydroxyl groups is 1. The van der Waals surface area contributed by atoms with Gasteiger partial charge in [0.05, 0.1) is 0 Å². The van der Waals surface area contributed by atoms with Crippen LogP contribution in [0, 0.1) is 5.92 Å². The first-order valence-electron chi connectivity index (χ1n) is 6.17. The molecule has 1 amide bonds. The summed E-state index contributed by atoms with van der Waals surface area (Å²) in [5, 5.41) is 12.1. The smallest absolute Gasteiger partial charge is 0.222 e. The Morgan fingerprint density at radius 2 is 2.18 bits per heavy atom. The molecular formula is C11H20N4O2. The number of likely N-dealkylation sites (tertiary alicyclic amines) is 1. The van der Waals surface area contributed by atoms with Crippen molar-refractivity contribution in [1.82, 2.24) is 4.90 Å². The molecule has 0 aromatic rings. The van der Waals surface area contributed by atoms with Crippen LogP contribution < -0.4 is 0 Å². The van der Waals surface area contributed by atoms with E-state index in [4.69, 9.17) is 10.6 Å². The van der Waals surface area contributed by atoms with Crippen molar-refractivity contribution in [2.24, 2.45) is 11.0 Å². The summed E-state index contributed by atoms with van der Waals surface area (Å²) in [6, 6.07) is 0. The van der Waals surface area contributed by atoms with Gasteiger partial charge in [-0.2, -0.15) is 0 Å². The van der Waals surface area contributed by atoms with Crippen molar-refractivity contribution >= 4 is 5.91 Å². The van der Waals surface area contributed by atoms with Crippen molar-refractivity contribution in [2.75, 3.05) is 26.2 Å². The van der Waals surface area contributed by atoms with Crippen LogP contribution in [0.4, 0.5) is 0 Å². The van der Waals surface area contributed by atoms with Crippen molar-refractivity contribution in [1.29, 1.82) is 0 Å². The number of hydrogen-bond acceptors (Lipinski definition) is 3. The summed E-state index contributed by atoms with van der Waals surface area (Å²) in [5.41, 5.74) is 8.22. The maximum Gasteiger partial charge on any atom is 0.222 e. The zero-order valence-corrected chi connectivity index (χ0v) is 10.1. The highest BCUT2D eigenvalue weighted by Gasteiger charge is 2.28. The van der Waals surface area contributed by atoms with Gasteiger partial charge in [-0.25, -0.2) is 0 Å². The van der Waals surface area contributed by atoms with Crippen LogP contribution in [-0.4, -0.2) is 42.2 Å². The number of amides is 1. The highest BCUT2D eigenvalue weighted by atomic mass is 16.2. The van der Waals surface area contributed by atoms with Crippen LogP contribution in [0.25, 0.3) is 10.4 Å². The topological polar surface area (TPSA) is 89.3 Å². The molecule has 1 aliphatic heterocycles. The number of rotatable bonds is 8. The molecular weight excluding hydrogens is 220 g/mol. The van der Waals surface area contributed by atoms with E-state index in [1.807, 2.05) is 4.90 Å². The van der Waals surface area contributed by atoms with E-state index in [9.17, 15) is 4.79 Å². The third kappa shape index (κ3) is 5.06. The number of azide groups is 1. The van der Waals surface area contributed by atoms with Gasteiger partial charge in [0.25, 0.3) is 0 Å². The molecule has 0 radical (unpaired) electrons. The quantitative estimate of drug-likeness (QED) is 0.303. The molecule has 0 aromatic heterocycles. The minimum atomic E-state index is 0.172. The van der Waals surface area contributed by atoms with E-state index in [1.165, 1.54) is 0 Å². The number of carbonyl (C=O) groups excluding carboxylic acids is 1. The Labute approximate surface area is 101 Å². The summed E-state index contributed by atoms with van der Waals surface area (Å²) < 4.78 is 0. The summed E-state index contributed by atoms with van der Waals surface area (Å²) in [6.07, 6.45) is 4.40. The van der Waals surface area contributed by atoms with E-state index in [0.717, 1.165) is 38.8 Å². The molecule has 17 heavy (non-hydrogen) atoms. The van der Waals surface area contributed by atoms with Crippen LogP contribution in [0.3, 0.4) is 0 Å². The average molecular weight is 240 g/mol. The number of nitrogens with zero attached hydrogens (tertiary/aromatic N) is 4. The Bertz CT molecular complexity index is 289. The van der Waals surface area contributed by atoms with E-state index in [0.29, 0.717) is 13.0 Å². The second kappa shape index (κ2) is 7.92. The molecule has 0 aliphatic carbocycles. The Morgan fingerprint density at radius 3 is 2.88 bits per heavy atom. The number of aliphatic hydroxyl groups excluding tert-OH is 1. The molecule has 1 atom stereocenters. The van der Waals surface area contributed by atoms with Gasteiger partial charge in [-0.1, -0.05) is 18.0 Å². The van der Waals surface area contributed by atoms with Crippen LogP contribution >= 0.6 is 0 Å². The van der Waals surface area contributed by atoms with Gasteiger partial charge < -0.3 is 10.0 Å². The minimum absolute atomic E-state index is 0.172. The highest BCUT2D eigenvalue weighted by molar-refractivity contribution is 5.78. The molecule has 0 spiro atoms. The Morgan fingerprint density at radius 1 is 1.41 bits per heavy atom. The molecule has 1 N–H and O–H groups in total. The van der Waals surface area contributed by atoms with Crippen molar-refractivity contribution in [2.45, 2.75) is 32.1 Å². The van der Waals surface area contributed by atoms with Crippen molar-refractivity contribution in [3.8, 4) is 0 Å². The van der Waals surface area contributed by atoms with Gasteiger partial charge in [0.15, 0.2) is 0 Å². The zero-order valence-electron chi connectivity index (χ0n) is 10.1. The first-order valence-corrected chi connectivity index (χ1v) is 6.17. The van der Waals surface area contributed by atoms with E-state index >= 15 is 0 Å². The molecule has 6 nitrogen and oxygen atoms in total. The van der Waals surface area contributed by atoms with Gasteiger partial charge in [-0.3, -0.25) is 4.79 Å². The third-order valence-corrected chi connectivity index (χ3v) is 3.03. The Balaban J connectivity index is 2.16. The van der Waals surface area contributed by atoms with Crippen molar-refractivity contribution in [3.05, 3.63) is 10.4 Å². The molecule has 0 saturated carbocycles. The lowest BCUT2D eigenvalue weighted by Crippen LogP contribution is -2.26. The van der Waals surface area contributed by atoms with E-state index in [-0.39, 0.29) is 18.4 Å². The molecule has 0 aromatic carbocycles. The second-order valence-corrected chi connectivity index (χ2v) is 4.46.